The van der Waals surface area contributed by atoms with Crippen molar-refractivity contribution in [3.8, 4) is 6.07 Å². The van der Waals surface area contributed by atoms with E-state index in [-0.39, 0.29) is 11.4 Å². The van der Waals surface area contributed by atoms with Crippen LogP contribution >= 0.6 is 11.6 Å². The van der Waals surface area contributed by atoms with Gasteiger partial charge in [0.2, 0.25) is 0 Å². The van der Waals surface area contributed by atoms with Gasteiger partial charge in [-0.1, -0.05) is 23.7 Å². The maximum atomic E-state index is 13.8. The number of hydrogen-bond acceptors (Lipinski definition) is 7. The summed E-state index contributed by atoms with van der Waals surface area (Å²) in [5.74, 6) is -0.346. The number of nitrogens with one attached hydrogen (secondary N) is 4. The quantitative estimate of drug-likeness (QED) is 0.330. The third kappa shape index (κ3) is 4.34. The van der Waals surface area contributed by atoms with Crippen LogP contribution in [-0.4, -0.2) is 29.4 Å². The van der Waals surface area contributed by atoms with Crippen LogP contribution in [0.3, 0.4) is 0 Å². The Morgan fingerprint density at radius 1 is 1.27 bits per heavy atom. The molecule has 37 heavy (non-hydrogen) atoms. The number of anilines is 2. The minimum Gasteiger partial charge on any atom is -0.378 e. The number of aromatic nitrogens is 1. The molecule has 1 aromatic heterocycles. The Kier molecular flexibility index (Phi) is 5.70. The summed E-state index contributed by atoms with van der Waals surface area (Å²) < 4.78 is 13.8. The van der Waals surface area contributed by atoms with E-state index >= 15 is 0 Å². The normalized spacial score (nSPS) is 19.8. The topological polar surface area (TPSA) is 88.0 Å². The maximum absolute atomic E-state index is 13.8. The van der Waals surface area contributed by atoms with Gasteiger partial charge in [0.1, 0.15) is 19.7 Å². The molecule has 0 amide bonds. The van der Waals surface area contributed by atoms with Crippen LogP contribution in [0.4, 0.5) is 15.8 Å². The SMILES string of the molecule is [B]C(Nc1cc(Cl)c2ncc(C#N)c(NC3(C)CCC3)c2c1)(C1=CN(C2CC2)NN1)c1ccc(F)cc1. The zero-order valence-corrected chi connectivity index (χ0v) is 21.2. The highest BCUT2D eigenvalue weighted by molar-refractivity contribution is 6.36. The summed E-state index contributed by atoms with van der Waals surface area (Å²) in [6, 6.07) is 12.4. The van der Waals surface area contributed by atoms with Crippen molar-refractivity contribution in [3.05, 3.63) is 76.5 Å². The first-order chi connectivity index (χ1) is 17.8. The minimum absolute atomic E-state index is 0.0853. The summed E-state index contributed by atoms with van der Waals surface area (Å²) in [5.41, 5.74) is 8.75. The van der Waals surface area contributed by atoms with Gasteiger partial charge >= 0.3 is 0 Å². The van der Waals surface area contributed by atoms with Crippen molar-refractivity contribution in [2.24, 2.45) is 0 Å². The molecule has 0 spiro atoms. The molecule has 0 bridgehead atoms. The van der Waals surface area contributed by atoms with E-state index < -0.39 is 5.44 Å². The highest BCUT2D eigenvalue weighted by Gasteiger charge is 2.38. The molecule has 3 aromatic rings. The predicted molar refractivity (Wildman–Crippen MR) is 144 cm³/mol. The van der Waals surface area contributed by atoms with Crippen LogP contribution in [0.1, 0.15) is 50.2 Å². The Labute approximate surface area is 221 Å². The van der Waals surface area contributed by atoms with Gasteiger partial charge in [0, 0.05) is 35.1 Å². The first-order valence-electron chi connectivity index (χ1n) is 12.4. The molecular formula is C27H26BClFN7. The van der Waals surface area contributed by atoms with Crippen LogP contribution in [0.5, 0.6) is 0 Å². The standard InChI is InChI=1S/C27H26BClFN7/c1-26(9-2-10-26)34-24-16(13-31)14-32-25-21(24)11-19(12-22(25)29)33-27(28,17-3-5-18(30)6-4-17)23-15-37(36-35-23)20-7-8-20/h3-6,11-12,14-15,20,33,35-36H,2,7-10H2,1H3,(H,32,34). The van der Waals surface area contributed by atoms with Crippen LogP contribution in [0, 0.1) is 17.1 Å². The fraction of sp³-hybridized carbons (Fsp3) is 0.333. The average molecular weight is 514 g/mol. The molecule has 7 nitrogen and oxygen atoms in total. The van der Waals surface area contributed by atoms with Crippen molar-refractivity contribution < 1.29 is 4.39 Å². The van der Waals surface area contributed by atoms with E-state index in [2.05, 4.69) is 39.6 Å². The molecule has 10 heteroatoms. The van der Waals surface area contributed by atoms with Crippen molar-refractivity contribution in [1.29, 1.82) is 5.26 Å². The molecule has 2 saturated carbocycles. The van der Waals surface area contributed by atoms with Crippen LogP contribution < -0.4 is 21.6 Å². The van der Waals surface area contributed by atoms with Gasteiger partial charge in [-0.15, -0.1) is 5.53 Å². The van der Waals surface area contributed by atoms with E-state index in [1.807, 2.05) is 17.3 Å². The van der Waals surface area contributed by atoms with E-state index in [0.717, 1.165) is 37.5 Å². The summed E-state index contributed by atoms with van der Waals surface area (Å²) in [7, 11) is 7.05. The average Bonchev–Trinajstić information content (AvgIpc) is 3.59. The molecule has 1 unspecified atom stereocenters. The second kappa shape index (κ2) is 8.82. The van der Waals surface area contributed by atoms with E-state index in [0.29, 0.717) is 44.8 Å². The van der Waals surface area contributed by atoms with Crippen molar-refractivity contribution in [2.45, 2.75) is 56.0 Å². The monoisotopic (exact) mass is 513 g/mol. The number of rotatable bonds is 7. The number of hydrazine groups is 2. The number of benzene rings is 2. The Hall–Kier alpha value is -3.48. The molecule has 3 aliphatic rings. The summed E-state index contributed by atoms with van der Waals surface area (Å²) in [5, 5.41) is 20.0. The minimum atomic E-state index is -1.24. The maximum Gasteiger partial charge on any atom is 0.123 e. The largest absolute Gasteiger partial charge is 0.378 e. The number of hydrogen-bond donors (Lipinski definition) is 4. The lowest BCUT2D eigenvalue weighted by Crippen LogP contribution is -2.45. The van der Waals surface area contributed by atoms with Crippen molar-refractivity contribution >= 4 is 41.7 Å². The number of halogens is 2. The van der Waals surface area contributed by atoms with Gasteiger partial charge in [-0.25, -0.2) is 4.39 Å². The molecule has 2 heterocycles. The third-order valence-electron chi connectivity index (χ3n) is 7.52. The van der Waals surface area contributed by atoms with Crippen LogP contribution in [-0.2, 0) is 5.44 Å². The summed E-state index contributed by atoms with van der Waals surface area (Å²) in [4.78, 5) is 4.47. The van der Waals surface area contributed by atoms with E-state index in [9.17, 15) is 9.65 Å². The molecule has 2 fully saturated rings. The molecule has 186 valence electrons. The molecule has 1 atom stereocenters. The molecule has 6 rings (SSSR count). The molecule has 4 N–H and O–H groups in total. The smallest absolute Gasteiger partial charge is 0.123 e. The van der Waals surface area contributed by atoms with Gasteiger partial charge < -0.3 is 16.1 Å². The van der Waals surface area contributed by atoms with Gasteiger partial charge in [0.25, 0.3) is 0 Å². The second-order valence-corrected chi connectivity index (χ2v) is 10.8. The molecular weight excluding hydrogens is 488 g/mol. The van der Waals surface area contributed by atoms with Crippen LogP contribution in [0.15, 0.2) is 54.5 Å². The van der Waals surface area contributed by atoms with E-state index in [4.69, 9.17) is 19.4 Å². The van der Waals surface area contributed by atoms with Crippen molar-refractivity contribution in [3.63, 3.8) is 0 Å². The Morgan fingerprint density at radius 3 is 2.68 bits per heavy atom. The predicted octanol–water partition coefficient (Wildman–Crippen LogP) is 5.02. The lowest BCUT2D eigenvalue weighted by Gasteiger charge is -2.40. The highest BCUT2D eigenvalue weighted by Crippen LogP contribution is 2.41. The highest BCUT2D eigenvalue weighted by atomic mass is 35.5. The molecule has 2 radical (unpaired) electrons. The molecule has 2 aromatic carbocycles. The second-order valence-electron chi connectivity index (χ2n) is 10.4. The van der Waals surface area contributed by atoms with E-state index in [1.54, 1.807) is 24.4 Å². The number of nitrogens with zero attached hydrogens (tertiary/aromatic N) is 3. The summed E-state index contributed by atoms with van der Waals surface area (Å²) in [6.45, 7) is 2.16. The molecule has 0 saturated heterocycles. The Bertz CT molecular complexity index is 1450. The van der Waals surface area contributed by atoms with E-state index in [1.165, 1.54) is 12.1 Å². The molecule has 2 aliphatic carbocycles. The van der Waals surface area contributed by atoms with Gasteiger partial charge in [-0.2, -0.15) is 5.26 Å². The van der Waals surface area contributed by atoms with Gasteiger partial charge in [0.15, 0.2) is 0 Å². The molecule has 1 aliphatic heterocycles. The van der Waals surface area contributed by atoms with Crippen LogP contribution in [0.2, 0.25) is 5.02 Å². The van der Waals surface area contributed by atoms with Gasteiger partial charge in [0.05, 0.1) is 32.9 Å². The van der Waals surface area contributed by atoms with Crippen molar-refractivity contribution in [2.75, 3.05) is 10.6 Å². The van der Waals surface area contributed by atoms with Crippen molar-refractivity contribution in [1.82, 2.24) is 21.0 Å². The van der Waals surface area contributed by atoms with Crippen LogP contribution in [0.25, 0.3) is 10.9 Å². The number of pyridine rings is 1. The van der Waals surface area contributed by atoms with Gasteiger partial charge in [-0.3, -0.25) is 9.99 Å². The summed E-state index contributed by atoms with van der Waals surface area (Å²) >= 11 is 6.72. The lowest BCUT2D eigenvalue weighted by molar-refractivity contribution is 0.260. The Morgan fingerprint density at radius 2 is 2.03 bits per heavy atom. The third-order valence-corrected chi connectivity index (χ3v) is 7.81. The fourth-order valence-electron chi connectivity index (χ4n) is 5.00. The first-order valence-corrected chi connectivity index (χ1v) is 12.8. The zero-order chi connectivity index (χ0) is 25.8. The number of nitriles is 1. The Balaban J connectivity index is 1.45. The first kappa shape index (κ1) is 23.9. The summed E-state index contributed by atoms with van der Waals surface area (Å²) in [6.07, 6.45) is 8.89. The fourth-order valence-corrected chi connectivity index (χ4v) is 5.27. The number of fused-ring (bicyclic) bond motifs is 1. The van der Waals surface area contributed by atoms with Gasteiger partial charge in [-0.05, 0) is 68.9 Å². The zero-order valence-electron chi connectivity index (χ0n) is 20.4. The lowest BCUT2D eigenvalue weighted by atomic mass is 9.69.